The quantitative estimate of drug-likeness (QED) is 0.644. The number of aromatic nitrogens is 1. The van der Waals surface area contributed by atoms with E-state index in [0.717, 1.165) is 16.5 Å². The minimum Gasteiger partial charge on any atom is -0.399 e. The third kappa shape index (κ3) is 2.60. The number of nitrogens with two attached hydrogens (primary N) is 1. The van der Waals surface area contributed by atoms with Crippen LogP contribution in [0.25, 0.3) is 10.9 Å². The summed E-state index contributed by atoms with van der Waals surface area (Å²) in [6.45, 7) is 1.97. The summed E-state index contributed by atoms with van der Waals surface area (Å²) in [7, 11) is 0. The van der Waals surface area contributed by atoms with Gasteiger partial charge in [0.15, 0.2) is 0 Å². The Morgan fingerprint density at radius 1 is 1.19 bits per heavy atom. The van der Waals surface area contributed by atoms with Crippen molar-refractivity contribution in [1.82, 2.24) is 10.3 Å². The minimum atomic E-state index is -0.108. The summed E-state index contributed by atoms with van der Waals surface area (Å²) in [4.78, 5) is 15.5. The Morgan fingerprint density at radius 3 is 2.71 bits per heavy atom. The summed E-state index contributed by atoms with van der Waals surface area (Å²) in [6, 6.07) is 15.3. The number of nitrogen functional groups attached to an aromatic ring is 1. The number of H-pyrrole nitrogens is 1. The van der Waals surface area contributed by atoms with Crippen LogP contribution >= 0.6 is 0 Å². The molecule has 0 aliphatic carbocycles. The van der Waals surface area contributed by atoms with E-state index in [1.807, 2.05) is 55.5 Å². The van der Waals surface area contributed by atoms with Crippen LogP contribution in [0.5, 0.6) is 0 Å². The van der Waals surface area contributed by atoms with Crippen molar-refractivity contribution in [2.24, 2.45) is 0 Å². The number of fused-ring (bicyclic) bond motifs is 1. The molecular weight excluding hydrogens is 262 g/mol. The molecule has 1 amide bonds. The molecule has 4 N–H and O–H groups in total. The van der Waals surface area contributed by atoms with Crippen LogP contribution in [0.15, 0.2) is 54.7 Å². The zero-order valence-electron chi connectivity index (χ0n) is 11.8. The maximum Gasteiger partial charge on any atom is 0.253 e. The average molecular weight is 279 g/mol. The first-order chi connectivity index (χ1) is 10.1. The van der Waals surface area contributed by atoms with E-state index in [0.29, 0.717) is 11.3 Å². The molecule has 1 heterocycles. The van der Waals surface area contributed by atoms with Gasteiger partial charge in [-0.1, -0.05) is 30.3 Å². The highest BCUT2D eigenvalue weighted by molar-refractivity contribution is 6.07. The number of carbonyl (C=O) groups excluding carboxylic acids is 1. The molecule has 0 bridgehead atoms. The fourth-order valence-electron chi connectivity index (χ4n) is 2.43. The summed E-state index contributed by atoms with van der Waals surface area (Å²) < 4.78 is 0. The van der Waals surface area contributed by atoms with Gasteiger partial charge in [0.25, 0.3) is 5.91 Å². The van der Waals surface area contributed by atoms with Crippen LogP contribution in [-0.4, -0.2) is 10.9 Å². The van der Waals surface area contributed by atoms with Crippen LogP contribution in [0.1, 0.15) is 28.9 Å². The second kappa shape index (κ2) is 5.32. The first-order valence-corrected chi connectivity index (χ1v) is 6.87. The van der Waals surface area contributed by atoms with Crippen LogP contribution in [-0.2, 0) is 0 Å². The average Bonchev–Trinajstić information content (AvgIpc) is 2.91. The highest BCUT2D eigenvalue weighted by atomic mass is 16.1. The van der Waals surface area contributed by atoms with Crippen molar-refractivity contribution < 1.29 is 4.79 Å². The lowest BCUT2D eigenvalue weighted by atomic mass is 10.1. The maximum absolute atomic E-state index is 12.4. The van der Waals surface area contributed by atoms with Gasteiger partial charge in [-0.05, 0) is 30.7 Å². The molecule has 4 nitrogen and oxygen atoms in total. The van der Waals surface area contributed by atoms with Crippen molar-refractivity contribution in [2.75, 3.05) is 5.73 Å². The van der Waals surface area contributed by atoms with Gasteiger partial charge in [0, 0.05) is 22.8 Å². The molecule has 3 aromatic rings. The normalized spacial score (nSPS) is 12.2. The van der Waals surface area contributed by atoms with E-state index < -0.39 is 0 Å². The molecular formula is C17H17N3O. The highest BCUT2D eigenvalue weighted by Gasteiger charge is 2.15. The number of anilines is 1. The van der Waals surface area contributed by atoms with Gasteiger partial charge >= 0.3 is 0 Å². The van der Waals surface area contributed by atoms with Gasteiger partial charge in [-0.2, -0.15) is 0 Å². The number of nitrogens with one attached hydrogen (secondary N) is 2. The highest BCUT2D eigenvalue weighted by Crippen LogP contribution is 2.22. The van der Waals surface area contributed by atoms with Crippen LogP contribution in [0.2, 0.25) is 0 Å². The molecule has 0 aliphatic rings. The SMILES string of the molecule is C[C@@H](NC(=O)c1c[nH]c2ccc(N)cc12)c1ccccc1. The first-order valence-electron chi connectivity index (χ1n) is 6.87. The van der Waals surface area contributed by atoms with Gasteiger partial charge in [-0.3, -0.25) is 4.79 Å². The zero-order chi connectivity index (χ0) is 14.8. The molecule has 0 aliphatic heterocycles. The lowest BCUT2D eigenvalue weighted by Gasteiger charge is -2.13. The minimum absolute atomic E-state index is 0.0512. The van der Waals surface area contributed by atoms with Gasteiger partial charge in [0.05, 0.1) is 11.6 Å². The molecule has 106 valence electrons. The predicted octanol–water partition coefficient (Wildman–Crippen LogP) is 3.24. The van der Waals surface area contributed by atoms with Crippen molar-refractivity contribution in [1.29, 1.82) is 0 Å². The third-order valence-corrected chi connectivity index (χ3v) is 3.60. The molecule has 21 heavy (non-hydrogen) atoms. The summed E-state index contributed by atoms with van der Waals surface area (Å²) in [5.74, 6) is -0.108. The van der Waals surface area contributed by atoms with Gasteiger partial charge < -0.3 is 16.0 Å². The Morgan fingerprint density at radius 2 is 1.95 bits per heavy atom. The largest absolute Gasteiger partial charge is 0.399 e. The van der Waals surface area contributed by atoms with E-state index >= 15 is 0 Å². The Kier molecular flexibility index (Phi) is 3.36. The number of carbonyl (C=O) groups is 1. The van der Waals surface area contributed by atoms with Crippen molar-refractivity contribution in [3.8, 4) is 0 Å². The Hall–Kier alpha value is -2.75. The van der Waals surface area contributed by atoms with E-state index in [2.05, 4.69) is 10.3 Å². The fraction of sp³-hybridized carbons (Fsp3) is 0.118. The molecule has 1 atom stereocenters. The monoisotopic (exact) mass is 279 g/mol. The number of hydrogen-bond acceptors (Lipinski definition) is 2. The van der Waals surface area contributed by atoms with Crippen LogP contribution in [0, 0.1) is 0 Å². The molecule has 0 saturated carbocycles. The van der Waals surface area contributed by atoms with Crippen molar-refractivity contribution >= 4 is 22.5 Å². The molecule has 1 aromatic heterocycles. The number of rotatable bonds is 3. The van der Waals surface area contributed by atoms with Crippen LogP contribution in [0.3, 0.4) is 0 Å². The smallest absolute Gasteiger partial charge is 0.253 e. The van der Waals surface area contributed by atoms with Gasteiger partial charge in [-0.25, -0.2) is 0 Å². The molecule has 0 radical (unpaired) electrons. The lowest BCUT2D eigenvalue weighted by Crippen LogP contribution is -2.26. The van der Waals surface area contributed by atoms with E-state index in [9.17, 15) is 4.79 Å². The second-order valence-electron chi connectivity index (χ2n) is 5.11. The van der Waals surface area contributed by atoms with Gasteiger partial charge in [0.1, 0.15) is 0 Å². The number of hydrogen-bond donors (Lipinski definition) is 3. The van der Waals surface area contributed by atoms with Crippen LogP contribution < -0.4 is 11.1 Å². The lowest BCUT2D eigenvalue weighted by molar-refractivity contribution is 0.0941. The second-order valence-corrected chi connectivity index (χ2v) is 5.11. The van der Waals surface area contributed by atoms with Crippen LogP contribution in [0.4, 0.5) is 5.69 Å². The Labute approximate surface area is 123 Å². The summed E-state index contributed by atoms with van der Waals surface area (Å²) >= 11 is 0. The standard InChI is InChI=1S/C17H17N3O/c1-11(12-5-3-2-4-6-12)20-17(21)15-10-19-16-8-7-13(18)9-14(15)16/h2-11,19H,18H2,1H3,(H,20,21)/t11-/m1/s1. The van der Waals surface area contributed by atoms with Gasteiger partial charge in [-0.15, -0.1) is 0 Å². The fourth-order valence-corrected chi connectivity index (χ4v) is 2.43. The third-order valence-electron chi connectivity index (χ3n) is 3.60. The maximum atomic E-state index is 12.4. The Bertz CT molecular complexity index is 777. The topological polar surface area (TPSA) is 70.9 Å². The zero-order valence-corrected chi connectivity index (χ0v) is 11.8. The predicted molar refractivity (Wildman–Crippen MR) is 85.0 cm³/mol. The van der Waals surface area contributed by atoms with Gasteiger partial charge in [0.2, 0.25) is 0 Å². The van der Waals surface area contributed by atoms with Crippen molar-refractivity contribution in [3.05, 3.63) is 65.9 Å². The van der Waals surface area contributed by atoms with Crippen molar-refractivity contribution in [2.45, 2.75) is 13.0 Å². The van der Waals surface area contributed by atoms with E-state index in [1.165, 1.54) is 0 Å². The molecule has 2 aromatic carbocycles. The molecule has 0 saturated heterocycles. The van der Waals surface area contributed by atoms with E-state index in [1.54, 1.807) is 6.20 Å². The number of aromatic amines is 1. The molecule has 0 unspecified atom stereocenters. The van der Waals surface area contributed by atoms with E-state index in [-0.39, 0.29) is 11.9 Å². The number of amides is 1. The molecule has 3 rings (SSSR count). The number of benzene rings is 2. The van der Waals surface area contributed by atoms with Crippen molar-refractivity contribution in [3.63, 3.8) is 0 Å². The Balaban J connectivity index is 1.86. The first kappa shape index (κ1) is 13.2. The molecule has 0 spiro atoms. The molecule has 0 fully saturated rings. The molecule has 4 heteroatoms. The summed E-state index contributed by atoms with van der Waals surface area (Å²) in [5, 5.41) is 3.85. The summed E-state index contributed by atoms with van der Waals surface area (Å²) in [5.41, 5.74) is 9.03. The van der Waals surface area contributed by atoms with E-state index in [4.69, 9.17) is 5.73 Å². The summed E-state index contributed by atoms with van der Waals surface area (Å²) in [6.07, 6.45) is 1.72.